The van der Waals surface area contributed by atoms with Crippen LogP contribution < -0.4 is 0 Å². The molecule has 0 aromatic rings. The van der Waals surface area contributed by atoms with Crippen molar-refractivity contribution in [3.63, 3.8) is 0 Å². The van der Waals surface area contributed by atoms with E-state index in [9.17, 15) is 24.2 Å². The highest BCUT2D eigenvalue weighted by Gasteiger charge is 2.27. The van der Waals surface area contributed by atoms with Crippen molar-refractivity contribution in [1.29, 1.82) is 0 Å². The summed E-state index contributed by atoms with van der Waals surface area (Å²) in [6.45, 7) is 4.23. The molecule has 0 saturated carbocycles. The van der Waals surface area contributed by atoms with Crippen LogP contribution in [0.2, 0.25) is 0 Å². The van der Waals surface area contributed by atoms with Gasteiger partial charge in [-0.3, -0.25) is 18.6 Å². The Labute approximate surface area is 342 Å². The third-order valence-corrected chi connectivity index (χ3v) is 10.2. The van der Waals surface area contributed by atoms with Crippen molar-refractivity contribution in [2.45, 2.75) is 180 Å². The summed E-state index contributed by atoms with van der Waals surface area (Å²) in [5.74, 6) is -0.904. The zero-order chi connectivity index (χ0) is 41.6. The Kier molecular flexibility index (Phi) is 35.8. The van der Waals surface area contributed by atoms with Crippen LogP contribution in [0.15, 0.2) is 48.6 Å². The van der Waals surface area contributed by atoms with Gasteiger partial charge < -0.3 is 24.0 Å². The molecule has 11 heteroatoms. The number of hydrogen-bond donors (Lipinski definition) is 2. The van der Waals surface area contributed by atoms with Gasteiger partial charge in [-0.15, -0.1) is 0 Å². The molecule has 0 heterocycles. The lowest BCUT2D eigenvalue weighted by Gasteiger charge is -2.24. The van der Waals surface area contributed by atoms with Gasteiger partial charge in [0.05, 0.1) is 33.9 Å². The van der Waals surface area contributed by atoms with Gasteiger partial charge in [0.15, 0.2) is 6.10 Å². The van der Waals surface area contributed by atoms with E-state index in [-0.39, 0.29) is 26.1 Å². The molecule has 0 fully saturated rings. The molecular weight excluding hydrogens is 729 g/mol. The van der Waals surface area contributed by atoms with Crippen LogP contribution in [0.3, 0.4) is 0 Å². The number of carbonyl (C=O) groups excluding carboxylic acids is 2. The zero-order valence-corrected chi connectivity index (χ0v) is 37.1. The van der Waals surface area contributed by atoms with Gasteiger partial charge in [0, 0.05) is 12.8 Å². The first-order chi connectivity index (χ1) is 26.9. The van der Waals surface area contributed by atoms with Gasteiger partial charge in [0.25, 0.3) is 0 Å². The van der Waals surface area contributed by atoms with E-state index >= 15 is 0 Å². The van der Waals surface area contributed by atoms with Crippen LogP contribution in [0.4, 0.5) is 0 Å². The van der Waals surface area contributed by atoms with Crippen LogP contribution in [0.5, 0.6) is 0 Å². The molecule has 0 aromatic heterocycles. The fourth-order valence-corrected chi connectivity index (χ4v) is 6.42. The van der Waals surface area contributed by atoms with Gasteiger partial charge in [-0.25, -0.2) is 4.57 Å². The van der Waals surface area contributed by atoms with Gasteiger partial charge in [-0.05, 0) is 44.9 Å². The SMILES string of the molecule is CCCCC/C=C\C=C/[C@@H](O)C/C=C\C/C=C/CCCC(=O)OC[C@H](COP(=O)(O)OCC[N+](C)(C)C)OC(=O)CCCCCCCCCCCCCCCC. The molecule has 0 saturated heterocycles. The Morgan fingerprint density at radius 1 is 0.643 bits per heavy atom. The number of quaternary nitrogens is 1. The lowest BCUT2D eigenvalue weighted by atomic mass is 10.0. The average Bonchev–Trinajstić information content (AvgIpc) is 3.14. The van der Waals surface area contributed by atoms with Gasteiger partial charge in [-0.1, -0.05) is 159 Å². The average molecular weight is 813 g/mol. The number of aliphatic hydroxyl groups is 1. The van der Waals surface area contributed by atoms with E-state index in [1.165, 1.54) is 83.5 Å². The smallest absolute Gasteiger partial charge is 0.462 e. The molecule has 0 aromatic carbocycles. The third kappa shape index (κ3) is 40.1. The number of aliphatic hydroxyl groups excluding tert-OH is 1. The first kappa shape index (κ1) is 53.9. The highest BCUT2D eigenvalue weighted by Crippen LogP contribution is 2.43. The molecule has 0 spiro atoms. The Morgan fingerprint density at radius 3 is 1.82 bits per heavy atom. The van der Waals surface area contributed by atoms with Crippen molar-refractivity contribution in [2.75, 3.05) is 47.5 Å². The number of ether oxygens (including phenoxy) is 2. The molecule has 3 atom stereocenters. The van der Waals surface area contributed by atoms with Gasteiger partial charge >= 0.3 is 19.8 Å². The summed E-state index contributed by atoms with van der Waals surface area (Å²) in [5, 5.41) is 10.1. The highest BCUT2D eigenvalue weighted by atomic mass is 31.2. The Bertz CT molecular complexity index is 1120. The standard InChI is InChI=1S/C45H82NO9P/c1-6-8-10-12-14-15-16-17-18-19-20-24-29-33-37-45(49)55-43(41-54-56(50,51)53-39-38-46(3,4)5)40-52-44(48)36-32-28-25-21-23-27-31-35-42(47)34-30-26-22-13-11-9-7-2/h21-22,25-27,30-31,34,42-43,47H,6-20,23-24,28-29,32-33,35-41H2,1-5H3/p+1/b25-21+,26-22-,31-27-,34-30-/t42-,43-/m1/s1. The second kappa shape index (κ2) is 37.2. The van der Waals surface area contributed by atoms with Gasteiger partial charge in [-0.2, -0.15) is 0 Å². The highest BCUT2D eigenvalue weighted by molar-refractivity contribution is 7.47. The van der Waals surface area contributed by atoms with Gasteiger partial charge in [0.1, 0.15) is 19.8 Å². The summed E-state index contributed by atoms with van der Waals surface area (Å²) in [7, 11) is 1.41. The normalized spacial score (nSPS) is 14.6. The summed E-state index contributed by atoms with van der Waals surface area (Å²) < 4.78 is 34.2. The van der Waals surface area contributed by atoms with Gasteiger partial charge in [0.2, 0.25) is 0 Å². The lowest BCUT2D eigenvalue weighted by Crippen LogP contribution is -2.37. The molecule has 0 rings (SSSR count). The quantitative estimate of drug-likeness (QED) is 0.0156. The number of carbonyl (C=O) groups is 2. The number of rotatable bonds is 39. The first-order valence-corrected chi connectivity index (χ1v) is 23.5. The van der Waals surface area contributed by atoms with E-state index in [4.69, 9.17) is 18.5 Å². The van der Waals surface area contributed by atoms with Crippen LogP contribution in [-0.2, 0) is 32.7 Å². The monoisotopic (exact) mass is 813 g/mol. The van der Waals surface area contributed by atoms with Crippen LogP contribution >= 0.6 is 7.82 Å². The summed E-state index contributed by atoms with van der Waals surface area (Å²) in [6.07, 6.45) is 39.0. The summed E-state index contributed by atoms with van der Waals surface area (Å²) >= 11 is 0. The largest absolute Gasteiger partial charge is 0.472 e. The van der Waals surface area contributed by atoms with E-state index in [0.717, 1.165) is 32.1 Å². The Hall–Kier alpha value is -2.07. The molecule has 10 nitrogen and oxygen atoms in total. The van der Waals surface area contributed by atoms with E-state index in [0.29, 0.717) is 36.7 Å². The summed E-state index contributed by atoms with van der Waals surface area (Å²) in [6, 6.07) is 0. The molecule has 0 aliphatic rings. The van der Waals surface area contributed by atoms with Crippen LogP contribution in [0.25, 0.3) is 0 Å². The number of likely N-dealkylation sites (N-methyl/N-ethyl adjacent to an activating group) is 1. The molecular formula is C45H83NO9P+. The molecule has 0 aliphatic carbocycles. The first-order valence-electron chi connectivity index (χ1n) is 22.0. The minimum absolute atomic E-state index is 0.0126. The van der Waals surface area contributed by atoms with Crippen LogP contribution in [0, 0.1) is 0 Å². The van der Waals surface area contributed by atoms with Crippen molar-refractivity contribution >= 4 is 19.8 Å². The van der Waals surface area contributed by atoms with Crippen molar-refractivity contribution in [2.24, 2.45) is 0 Å². The van der Waals surface area contributed by atoms with Crippen molar-refractivity contribution in [1.82, 2.24) is 0 Å². The van der Waals surface area contributed by atoms with Crippen molar-refractivity contribution in [3.05, 3.63) is 48.6 Å². The summed E-state index contributed by atoms with van der Waals surface area (Å²) in [5.41, 5.74) is 0. The minimum atomic E-state index is -4.40. The molecule has 0 aliphatic heterocycles. The predicted octanol–water partition coefficient (Wildman–Crippen LogP) is 11.3. The number of hydrogen-bond acceptors (Lipinski definition) is 8. The maximum absolute atomic E-state index is 12.7. The number of phosphoric acid groups is 1. The molecule has 1 unspecified atom stereocenters. The fraction of sp³-hybridized carbons (Fsp3) is 0.778. The van der Waals surface area contributed by atoms with E-state index < -0.39 is 38.6 Å². The minimum Gasteiger partial charge on any atom is -0.462 e. The van der Waals surface area contributed by atoms with E-state index in [2.05, 4.69) is 19.9 Å². The number of esters is 2. The van der Waals surface area contributed by atoms with Crippen molar-refractivity contribution in [3.8, 4) is 0 Å². The molecule has 2 N–H and O–H groups in total. The second-order valence-corrected chi connectivity index (χ2v) is 17.4. The molecule has 326 valence electrons. The number of phosphoric ester groups is 1. The second-order valence-electron chi connectivity index (χ2n) is 15.9. The molecule has 0 amide bonds. The van der Waals surface area contributed by atoms with Crippen LogP contribution in [0.1, 0.15) is 168 Å². The Balaban J connectivity index is 4.51. The molecule has 0 radical (unpaired) electrons. The fourth-order valence-electron chi connectivity index (χ4n) is 5.67. The molecule has 56 heavy (non-hydrogen) atoms. The maximum Gasteiger partial charge on any atom is 0.472 e. The number of nitrogens with zero attached hydrogens (tertiary/aromatic N) is 1. The third-order valence-electron chi connectivity index (χ3n) is 9.19. The number of unbranched alkanes of at least 4 members (excludes halogenated alkanes) is 17. The number of allylic oxidation sites excluding steroid dienone is 6. The van der Waals surface area contributed by atoms with E-state index in [1.807, 2.05) is 57.6 Å². The Morgan fingerprint density at radius 2 is 1.20 bits per heavy atom. The lowest BCUT2D eigenvalue weighted by molar-refractivity contribution is -0.870. The van der Waals surface area contributed by atoms with Crippen molar-refractivity contribution < 1.29 is 47.2 Å². The molecule has 0 bridgehead atoms. The predicted molar refractivity (Wildman–Crippen MR) is 230 cm³/mol. The summed E-state index contributed by atoms with van der Waals surface area (Å²) in [4.78, 5) is 35.3. The topological polar surface area (TPSA) is 129 Å². The maximum atomic E-state index is 12.7. The van der Waals surface area contributed by atoms with E-state index in [1.54, 1.807) is 6.08 Å². The zero-order valence-electron chi connectivity index (χ0n) is 36.2. The van der Waals surface area contributed by atoms with Crippen LogP contribution in [-0.4, -0.2) is 86.1 Å².